The molecule has 1 heterocycles. The van der Waals surface area contributed by atoms with Crippen LogP contribution in [0.1, 0.15) is 44.9 Å². The molecule has 5 unspecified atom stereocenters. The van der Waals surface area contributed by atoms with Crippen LogP contribution >= 0.6 is 0 Å². The van der Waals surface area contributed by atoms with Crippen molar-refractivity contribution in [3.8, 4) is 0 Å². The van der Waals surface area contributed by atoms with Gasteiger partial charge < -0.3 is 9.47 Å². The zero-order valence-corrected chi connectivity index (χ0v) is 12.3. The maximum absolute atomic E-state index is 12.3. The number of hydrogen-bond acceptors (Lipinski definition) is 4. The second-order valence-corrected chi connectivity index (χ2v) is 7.17. The summed E-state index contributed by atoms with van der Waals surface area (Å²) >= 11 is 0. The van der Waals surface area contributed by atoms with Crippen molar-refractivity contribution in [2.45, 2.75) is 56.7 Å². The minimum atomic E-state index is -0.456. The Labute approximate surface area is 124 Å². The molecule has 4 rings (SSSR count). The second kappa shape index (κ2) is 4.59. The Hall–Kier alpha value is -1.32. The summed E-state index contributed by atoms with van der Waals surface area (Å²) < 4.78 is 11.4. The van der Waals surface area contributed by atoms with E-state index < -0.39 is 5.60 Å². The highest BCUT2D eigenvalue weighted by atomic mass is 16.6. The summed E-state index contributed by atoms with van der Waals surface area (Å²) in [6.07, 6.45) is 8.52. The maximum atomic E-state index is 12.3. The summed E-state index contributed by atoms with van der Waals surface area (Å²) in [6, 6.07) is 0. The largest absolute Gasteiger partial charge is 0.462 e. The first-order valence-corrected chi connectivity index (χ1v) is 8.20. The van der Waals surface area contributed by atoms with Crippen LogP contribution in [0.15, 0.2) is 12.7 Å². The standard InChI is InChI=1S/C17H22O4/c1-2-13(18)21-17(6-4-3-5-7-17)15-10-8-11-12(9-10)20-16(19)14(11)15/h2,10-12,14-15H,1,3-9H2. The van der Waals surface area contributed by atoms with Crippen molar-refractivity contribution < 1.29 is 19.1 Å². The van der Waals surface area contributed by atoms with Crippen LogP contribution in [0.2, 0.25) is 0 Å². The van der Waals surface area contributed by atoms with Gasteiger partial charge in [-0.2, -0.15) is 0 Å². The first-order chi connectivity index (χ1) is 10.1. The van der Waals surface area contributed by atoms with Crippen molar-refractivity contribution >= 4 is 11.9 Å². The van der Waals surface area contributed by atoms with Crippen LogP contribution in [0, 0.1) is 23.7 Å². The lowest BCUT2D eigenvalue weighted by atomic mass is 9.65. The van der Waals surface area contributed by atoms with E-state index in [2.05, 4.69) is 6.58 Å². The Morgan fingerprint density at radius 1 is 1.29 bits per heavy atom. The summed E-state index contributed by atoms with van der Waals surface area (Å²) in [5.41, 5.74) is -0.456. The highest BCUT2D eigenvalue weighted by molar-refractivity contribution is 5.82. The van der Waals surface area contributed by atoms with Gasteiger partial charge in [0, 0.05) is 17.9 Å². The molecule has 114 valence electrons. The monoisotopic (exact) mass is 290 g/mol. The van der Waals surface area contributed by atoms with Gasteiger partial charge in [0.1, 0.15) is 11.7 Å². The van der Waals surface area contributed by atoms with Gasteiger partial charge in [-0.3, -0.25) is 4.79 Å². The molecule has 4 heteroatoms. The van der Waals surface area contributed by atoms with Gasteiger partial charge in [0.05, 0.1) is 5.92 Å². The van der Waals surface area contributed by atoms with Gasteiger partial charge in [0.2, 0.25) is 0 Å². The van der Waals surface area contributed by atoms with Gasteiger partial charge in [0.15, 0.2) is 0 Å². The third kappa shape index (κ3) is 1.80. The van der Waals surface area contributed by atoms with Gasteiger partial charge in [-0.1, -0.05) is 13.0 Å². The quantitative estimate of drug-likeness (QED) is 0.592. The molecule has 3 saturated carbocycles. The topological polar surface area (TPSA) is 52.6 Å². The molecule has 4 aliphatic rings. The van der Waals surface area contributed by atoms with Crippen LogP contribution in [0.25, 0.3) is 0 Å². The first-order valence-electron chi connectivity index (χ1n) is 8.20. The average molecular weight is 290 g/mol. The molecule has 4 nitrogen and oxygen atoms in total. The lowest BCUT2D eigenvalue weighted by Gasteiger charge is -2.45. The molecule has 0 radical (unpaired) electrons. The number of esters is 2. The lowest BCUT2D eigenvalue weighted by Crippen LogP contribution is -2.50. The van der Waals surface area contributed by atoms with Crippen molar-refractivity contribution in [2.75, 3.05) is 0 Å². The third-order valence-corrected chi connectivity index (χ3v) is 6.26. The number of fused-ring (bicyclic) bond motifs is 1. The predicted octanol–water partition coefficient (Wildman–Crippen LogP) is 2.62. The number of hydrogen-bond donors (Lipinski definition) is 0. The van der Waals surface area contributed by atoms with Gasteiger partial charge >= 0.3 is 11.9 Å². The smallest absolute Gasteiger partial charge is 0.330 e. The van der Waals surface area contributed by atoms with Crippen molar-refractivity contribution in [2.24, 2.45) is 23.7 Å². The number of carbonyl (C=O) groups excluding carboxylic acids is 2. The van der Waals surface area contributed by atoms with Gasteiger partial charge in [-0.25, -0.2) is 4.79 Å². The molecular weight excluding hydrogens is 268 g/mol. The third-order valence-electron chi connectivity index (χ3n) is 6.26. The Morgan fingerprint density at radius 3 is 2.76 bits per heavy atom. The van der Waals surface area contributed by atoms with E-state index in [1.807, 2.05) is 0 Å². The summed E-state index contributed by atoms with van der Waals surface area (Å²) in [7, 11) is 0. The fourth-order valence-corrected chi connectivity index (χ4v) is 5.64. The maximum Gasteiger partial charge on any atom is 0.330 e. The molecule has 0 aromatic heterocycles. The summed E-state index contributed by atoms with van der Waals surface area (Å²) in [4.78, 5) is 24.1. The van der Waals surface area contributed by atoms with Crippen LogP contribution in [0.4, 0.5) is 0 Å². The van der Waals surface area contributed by atoms with Gasteiger partial charge in [-0.05, 0) is 44.4 Å². The van der Waals surface area contributed by atoms with Crippen molar-refractivity contribution in [3.63, 3.8) is 0 Å². The van der Waals surface area contributed by atoms with Gasteiger partial charge in [0.25, 0.3) is 0 Å². The molecule has 0 aromatic rings. The van der Waals surface area contributed by atoms with Crippen LogP contribution in [-0.2, 0) is 19.1 Å². The van der Waals surface area contributed by atoms with E-state index in [9.17, 15) is 9.59 Å². The zero-order valence-electron chi connectivity index (χ0n) is 12.3. The number of carbonyl (C=O) groups is 2. The SMILES string of the molecule is C=CC(=O)OC1(C2C3CC4OC(=O)C2C4C3)CCCCC1. The molecular formula is C17H22O4. The number of ether oxygens (including phenoxy) is 2. The van der Waals surface area contributed by atoms with E-state index in [-0.39, 0.29) is 29.9 Å². The summed E-state index contributed by atoms with van der Waals surface area (Å²) in [5.74, 6) is 0.584. The lowest BCUT2D eigenvalue weighted by molar-refractivity contribution is -0.173. The molecule has 1 aliphatic heterocycles. The molecule has 0 spiro atoms. The predicted molar refractivity (Wildman–Crippen MR) is 75.2 cm³/mol. The highest BCUT2D eigenvalue weighted by Gasteiger charge is 2.67. The minimum absolute atomic E-state index is 0.0375. The fraction of sp³-hybridized carbons (Fsp3) is 0.765. The van der Waals surface area contributed by atoms with E-state index in [1.54, 1.807) is 0 Å². The molecule has 2 bridgehead atoms. The van der Waals surface area contributed by atoms with Crippen molar-refractivity contribution in [1.29, 1.82) is 0 Å². The first kappa shape index (κ1) is 13.4. The Morgan fingerprint density at radius 2 is 2.05 bits per heavy atom. The van der Waals surface area contributed by atoms with E-state index in [0.717, 1.165) is 38.5 Å². The Balaban J connectivity index is 1.68. The molecule has 0 aromatic carbocycles. The van der Waals surface area contributed by atoms with Crippen molar-refractivity contribution in [3.05, 3.63) is 12.7 Å². The molecule has 1 saturated heterocycles. The van der Waals surface area contributed by atoms with Gasteiger partial charge in [-0.15, -0.1) is 0 Å². The summed E-state index contributed by atoms with van der Waals surface area (Å²) in [5, 5.41) is 0. The normalized spacial score (nSPS) is 42.7. The molecule has 4 fully saturated rings. The highest BCUT2D eigenvalue weighted by Crippen LogP contribution is 2.63. The molecule has 5 atom stereocenters. The minimum Gasteiger partial charge on any atom is -0.462 e. The van der Waals surface area contributed by atoms with E-state index in [1.165, 1.54) is 12.5 Å². The van der Waals surface area contributed by atoms with E-state index in [0.29, 0.717) is 11.8 Å². The van der Waals surface area contributed by atoms with Crippen LogP contribution in [0.5, 0.6) is 0 Å². The van der Waals surface area contributed by atoms with E-state index >= 15 is 0 Å². The second-order valence-electron chi connectivity index (χ2n) is 7.17. The number of rotatable bonds is 3. The fourth-order valence-electron chi connectivity index (χ4n) is 5.64. The zero-order chi connectivity index (χ0) is 14.6. The molecule has 21 heavy (non-hydrogen) atoms. The average Bonchev–Trinajstić information content (AvgIpc) is 3.09. The van der Waals surface area contributed by atoms with Crippen molar-refractivity contribution in [1.82, 2.24) is 0 Å². The Bertz CT molecular complexity index is 489. The molecule has 3 aliphatic carbocycles. The molecule has 0 amide bonds. The van der Waals surface area contributed by atoms with Crippen LogP contribution in [-0.4, -0.2) is 23.6 Å². The van der Waals surface area contributed by atoms with E-state index in [4.69, 9.17) is 9.47 Å². The van der Waals surface area contributed by atoms with Crippen LogP contribution in [0.3, 0.4) is 0 Å². The Kier molecular flexibility index (Phi) is 2.92. The summed E-state index contributed by atoms with van der Waals surface area (Å²) in [6.45, 7) is 3.53. The molecule has 0 N–H and O–H groups in total. The van der Waals surface area contributed by atoms with Crippen LogP contribution < -0.4 is 0 Å².